The van der Waals surface area contributed by atoms with E-state index in [9.17, 15) is 0 Å². The van der Waals surface area contributed by atoms with E-state index in [1.807, 2.05) is 54.1 Å². The number of hydrogen-bond donors (Lipinski definition) is 0. The Morgan fingerprint density at radius 1 is 0.689 bits per heavy atom. The molecule has 0 bridgehead atoms. The van der Waals surface area contributed by atoms with Gasteiger partial charge in [-0.2, -0.15) is 11.3 Å². The molecule has 0 aliphatic rings. The average molecular weight is 797 g/mol. The van der Waals surface area contributed by atoms with Crippen molar-refractivity contribution in [3.63, 3.8) is 0 Å². The molecule has 3 aromatic heterocycles. The monoisotopic (exact) mass is 797 g/mol. The molecule has 0 atom stereocenters. The van der Waals surface area contributed by atoms with Crippen LogP contribution in [-0.2, 0) is 20.1 Å². The molecule has 0 saturated heterocycles. The van der Waals surface area contributed by atoms with E-state index < -0.39 is 8.07 Å². The smallest absolute Gasteiger partial charge is 0.0795 e. The zero-order valence-corrected chi connectivity index (χ0v) is 30.5. The van der Waals surface area contributed by atoms with Crippen molar-refractivity contribution in [1.82, 2.24) is 9.97 Å². The van der Waals surface area contributed by atoms with Crippen molar-refractivity contribution in [2.45, 2.75) is 39.4 Å². The Morgan fingerprint density at radius 2 is 1.47 bits per heavy atom. The maximum Gasteiger partial charge on any atom is 0.0795 e. The molecule has 0 amide bonds. The first kappa shape index (κ1) is 32.7. The molecule has 2 nitrogen and oxygen atoms in total. The first-order chi connectivity index (χ1) is 21.3. The van der Waals surface area contributed by atoms with Gasteiger partial charge in [-0.15, -0.1) is 59.7 Å². The molecule has 4 aromatic carbocycles. The second kappa shape index (κ2) is 14.1. The van der Waals surface area contributed by atoms with Gasteiger partial charge in [-0.25, -0.2) is 0 Å². The molecule has 227 valence electrons. The second-order valence-corrected chi connectivity index (χ2v) is 18.4. The maximum atomic E-state index is 4.67. The minimum Gasteiger partial charge on any atom is -0.305 e. The SMILES string of the molecule is CC(C)c1ccnc(-c2[c-]ccc3c2sc2c(-c4ccccc4)cccc23)c1.C[Si](C)(C)c1ccc(-c2[c-]cccc2)nc1.[Ir]. The molecule has 0 unspecified atom stereocenters. The third-order valence-electron chi connectivity index (χ3n) is 7.86. The Bertz CT molecular complexity index is 2010. The minimum absolute atomic E-state index is 0. The molecule has 7 aromatic rings. The van der Waals surface area contributed by atoms with Gasteiger partial charge in [0.25, 0.3) is 0 Å². The number of thiophene rings is 1. The predicted molar refractivity (Wildman–Crippen MR) is 192 cm³/mol. The normalized spacial score (nSPS) is 11.2. The molecule has 7 rings (SSSR count). The largest absolute Gasteiger partial charge is 0.305 e. The fourth-order valence-electron chi connectivity index (χ4n) is 5.29. The number of aromatic nitrogens is 2. The third-order valence-corrected chi connectivity index (χ3v) is 11.2. The Balaban J connectivity index is 0.000000202. The average Bonchev–Trinajstić information content (AvgIpc) is 3.45. The molecule has 3 heterocycles. The van der Waals surface area contributed by atoms with Crippen molar-refractivity contribution in [2.75, 3.05) is 0 Å². The Hall–Kier alpha value is -3.73. The fourth-order valence-corrected chi connectivity index (χ4v) is 7.67. The zero-order chi connectivity index (χ0) is 30.7. The van der Waals surface area contributed by atoms with E-state index in [0.717, 1.165) is 22.5 Å². The quantitative estimate of drug-likeness (QED) is 0.128. The Kier molecular flexibility index (Phi) is 10.3. The van der Waals surface area contributed by atoms with Crippen LogP contribution < -0.4 is 5.19 Å². The van der Waals surface area contributed by atoms with E-state index in [0.29, 0.717) is 5.92 Å². The Labute approximate surface area is 285 Å². The number of hydrogen-bond acceptors (Lipinski definition) is 3. The maximum absolute atomic E-state index is 4.67. The molecule has 0 N–H and O–H groups in total. The number of fused-ring (bicyclic) bond motifs is 3. The van der Waals surface area contributed by atoms with Crippen LogP contribution in [0.5, 0.6) is 0 Å². The molecule has 0 spiro atoms. The van der Waals surface area contributed by atoms with Gasteiger partial charge in [-0.3, -0.25) is 0 Å². The van der Waals surface area contributed by atoms with Gasteiger partial charge in [-0.05, 0) is 49.8 Å². The van der Waals surface area contributed by atoms with E-state index in [1.54, 1.807) is 0 Å². The van der Waals surface area contributed by atoms with E-state index in [4.69, 9.17) is 0 Å². The summed E-state index contributed by atoms with van der Waals surface area (Å²) in [6, 6.07) is 44.6. The fraction of sp³-hybridized carbons (Fsp3) is 0.150. The molecule has 0 aliphatic carbocycles. The van der Waals surface area contributed by atoms with E-state index in [2.05, 4.69) is 134 Å². The van der Waals surface area contributed by atoms with Crippen molar-refractivity contribution in [3.05, 3.63) is 139 Å². The summed E-state index contributed by atoms with van der Waals surface area (Å²) in [5.41, 5.74) is 8.01. The standard InChI is InChI=1S/C26H20NS.C14H16NSi.Ir/c1-17(2)19-14-15-27-24(16-19)23-13-7-12-22-21-11-6-10-20(25(21)28-26(22)23)18-8-4-3-5-9-18;1-16(2,3)13-9-10-14(15-11-13)12-7-5-4-6-8-12;/h3-12,14-17H,1-2H3;4-7,9-11H,1-3H3;/q2*-1;. The van der Waals surface area contributed by atoms with Crippen molar-refractivity contribution < 1.29 is 20.1 Å². The third kappa shape index (κ3) is 7.24. The van der Waals surface area contributed by atoms with Gasteiger partial charge in [0.1, 0.15) is 0 Å². The molecule has 0 fully saturated rings. The molecule has 0 saturated carbocycles. The molecular weight excluding hydrogens is 761 g/mol. The summed E-state index contributed by atoms with van der Waals surface area (Å²) in [6.07, 6.45) is 3.93. The van der Waals surface area contributed by atoms with Crippen molar-refractivity contribution >= 4 is 44.8 Å². The molecule has 45 heavy (non-hydrogen) atoms. The van der Waals surface area contributed by atoms with Gasteiger partial charge in [0.05, 0.1) is 8.07 Å². The van der Waals surface area contributed by atoms with Crippen LogP contribution in [0, 0.1) is 12.1 Å². The number of benzene rings is 4. The van der Waals surface area contributed by atoms with Crippen LogP contribution in [0.25, 0.3) is 53.8 Å². The van der Waals surface area contributed by atoms with E-state index in [1.165, 1.54) is 42.0 Å². The van der Waals surface area contributed by atoms with Crippen LogP contribution >= 0.6 is 11.3 Å². The van der Waals surface area contributed by atoms with Gasteiger partial charge in [0, 0.05) is 37.2 Å². The number of rotatable bonds is 5. The van der Waals surface area contributed by atoms with Crippen LogP contribution in [0.2, 0.25) is 19.6 Å². The van der Waals surface area contributed by atoms with Crippen LogP contribution in [0.4, 0.5) is 0 Å². The topological polar surface area (TPSA) is 25.8 Å². The van der Waals surface area contributed by atoms with E-state index >= 15 is 0 Å². The van der Waals surface area contributed by atoms with Gasteiger partial charge < -0.3 is 9.97 Å². The summed E-state index contributed by atoms with van der Waals surface area (Å²) >= 11 is 1.85. The van der Waals surface area contributed by atoms with Crippen molar-refractivity contribution in [2.24, 2.45) is 0 Å². The van der Waals surface area contributed by atoms with Crippen LogP contribution in [0.1, 0.15) is 25.3 Å². The zero-order valence-electron chi connectivity index (χ0n) is 26.3. The van der Waals surface area contributed by atoms with Crippen LogP contribution in [-0.4, -0.2) is 18.0 Å². The van der Waals surface area contributed by atoms with Crippen molar-refractivity contribution in [1.29, 1.82) is 0 Å². The van der Waals surface area contributed by atoms with Gasteiger partial charge in [-0.1, -0.05) is 111 Å². The van der Waals surface area contributed by atoms with Crippen LogP contribution in [0.3, 0.4) is 0 Å². The predicted octanol–water partition coefficient (Wildman–Crippen LogP) is 10.8. The van der Waals surface area contributed by atoms with Gasteiger partial charge in [0.15, 0.2) is 0 Å². The molecule has 1 radical (unpaired) electrons. The summed E-state index contributed by atoms with van der Waals surface area (Å²) in [5.74, 6) is 0.480. The summed E-state index contributed by atoms with van der Waals surface area (Å²) in [7, 11) is -1.23. The van der Waals surface area contributed by atoms with Crippen molar-refractivity contribution in [3.8, 4) is 33.6 Å². The number of pyridine rings is 2. The van der Waals surface area contributed by atoms with E-state index in [-0.39, 0.29) is 20.1 Å². The summed E-state index contributed by atoms with van der Waals surface area (Å²) < 4.78 is 2.58. The Morgan fingerprint density at radius 3 is 2.16 bits per heavy atom. The van der Waals surface area contributed by atoms with Gasteiger partial charge in [0.2, 0.25) is 0 Å². The molecular formula is C40H36IrN2SSi-2. The molecule has 0 aliphatic heterocycles. The first-order valence-electron chi connectivity index (χ1n) is 15.1. The van der Waals surface area contributed by atoms with Gasteiger partial charge >= 0.3 is 0 Å². The summed E-state index contributed by atoms with van der Waals surface area (Å²) in [5, 5.41) is 3.98. The minimum atomic E-state index is -1.23. The van der Waals surface area contributed by atoms with Crippen LogP contribution in [0.15, 0.2) is 122 Å². The second-order valence-electron chi connectivity index (χ2n) is 12.3. The number of nitrogens with zero attached hydrogens (tertiary/aromatic N) is 2. The summed E-state index contributed by atoms with van der Waals surface area (Å²) in [6.45, 7) is 11.4. The first-order valence-corrected chi connectivity index (χ1v) is 19.4. The summed E-state index contributed by atoms with van der Waals surface area (Å²) in [4.78, 5) is 9.19. The molecule has 5 heteroatoms.